The SMILES string of the molecule is Cc1cnc2c(c1)nc(-c1cccc(Cl)c1)n2CCCC#N. The summed E-state index contributed by atoms with van der Waals surface area (Å²) >= 11 is 6.10. The number of pyridine rings is 1. The Morgan fingerprint density at radius 2 is 2.18 bits per heavy atom. The average Bonchev–Trinajstić information content (AvgIpc) is 2.85. The molecule has 1 aromatic carbocycles. The fraction of sp³-hybridized carbons (Fsp3) is 0.235. The maximum absolute atomic E-state index is 8.76. The van der Waals surface area contributed by atoms with Gasteiger partial charge in [0.15, 0.2) is 5.65 Å². The molecule has 0 saturated heterocycles. The molecular weight excluding hydrogens is 296 g/mol. The van der Waals surface area contributed by atoms with Gasteiger partial charge >= 0.3 is 0 Å². The lowest BCUT2D eigenvalue weighted by Gasteiger charge is -2.08. The zero-order chi connectivity index (χ0) is 15.5. The number of nitriles is 1. The molecule has 0 unspecified atom stereocenters. The quantitative estimate of drug-likeness (QED) is 0.673. The van der Waals surface area contributed by atoms with Gasteiger partial charge in [-0.3, -0.25) is 0 Å². The van der Waals surface area contributed by atoms with Gasteiger partial charge in [-0.15, -0.1) is 0 Å². The van der Waals surface area contributed by atoms with Gasteiger partial charge in [-0.25, -0.2) is 9.97 Å². The fourth-order valence-corrected chi connectivity index (χ4v) is 2.68. The van der Waals surface area contributed by atoms with Crippen LogP contribution in [0.5, 0.6) is 0 Å². The Labute approximate surface area is 134 Å². The van der Waals surface area contributed by atoms with Crippen molar-refractivity contribution in [3.63, 3.8) is 0 Å². The molecule has 0 aliphatic rings. The number of aromatic nitrogens is 3. The average molecular weight is 311 g/mol. The van der Waals surface area contributed by atoms with Gasteiger partial charge in [0, 0.05) is 29.7 Å². The highest BCUT2D eigenvalue weighted by molar-refractivity contribution is 6.30. The van der Waals surface area contributed by atoms with Crippen molar-refractivity contribution in [2.24, 2.45) is 0 Å². The molecule has 0 saturated carbocycles. The third-order valence-corrected chi connectivity index (χ3v) is 3.71. The first-order chi connectivity index (χ1) is 10.7. The Bertz CT molecular complexity index is 861. The molecule has 0 amide bonds. The number of fused-ring (bicyclic) bond motifs is 1. The van der Waals surface area contributed by atoms with Crippen LogP contribution in [0.25, 0.3) is 22.6 Å². The van der Waals surface area contributed by atoms with E-state index in [-0.39, 0.29) is 0 Å². The lowest BCUT2D eigenvalue weighted by Crippen LogP contribution is -2.01. The number of nitrogens with zero attached hydrogens (tertiary/aromatic N) is 4. The Morgan fingerprint density at radius 3 is 2.95 bits per heavy atom. The number of halogens is 1. The summed E-state index contributed by atoms with van der Waals surface area (Å²) in [4.78, 5) is 9.24. The molecule has 2 aromatic heterocycles. The Balaban J connectivity index is 2.15. The van der Waals surface area contributed by atoms with E-state index >= 15 is 0 Å². The van der Waals surface area contributed by atoms with E-state index in [4.69, 9.17) is 21.8 Å². The minimum atomic E-state index is 0.514. The maximum atomic E-state index is 8.76. The summed E-state index contributed by atoms with van der Waals surface area (Å²) in [7, 11) is 0. The van der Waals surface area contributed by atoms with Crippen molar-refractivity contribution in [3.05, 3.63) is 47.1 Å². The van der Waals surface area contributed by atoms with E-state index < -0.39 is 0 Å². The zero-order valence-corrected chi connectivity index (χ0v) is 13.0. The standard InChI is InChI=1S/C17H15ClN4/c1-12-9-15-17(20-11-12)22(8-3-2-7-19)16(21-15)13-5-4-6-14(18)10-13/h4-6,9-11H,2-3,8H2,1H3. The van der Waals surface area contributed by atoms with Crippen LogP contribution < -0.4 is 0 Å². The Hall–Kier alpha value is -2.38. The van der Waals surface area contributed by atoms with Gasteiger partial charge in [0.1, 0.15) is 11.3 Å². The monoisotopic (exact) mass is 310 g/mol. The van der Waals surface area contributed by atoms with Gasteiger partial charge in [-0.05, 0) is 37.1 Å². The number of imidazole rings is 1. The van der Waals surface area contributed by atoms with Crippen molar-refractivity contribution < 1.29 is 0 Å². The highest BCUT2D eigenvalue weighted by atomic mass is 35.5. The van der Waals surface area contributed by atoms with Gasteiger partial charge in [0.05, 0.1) is 6.07 Å². The number of hydrogen-bond acceptors (Lipinski definition) is 3. The van der Waals surface area contributed by atoms with E-state index in [1.54, 1.807) is 0 Å². The maximum Gasteiger partial charge on any atom is 0.160 e. The van der Waals surface area contributed by atoms with Crippen LogP contribution >= 0.6 is 11.6 Å². The van der Waals surface area contributed by atoms with Crippen LogP contribution in [-0.2, 0) is 6.54 Å². The van der Waals surface area contributed by atoms with Gasteiger partial charge in [0.2, 0.25) is 0 Å². The minimum absolute atomic E-state index is 0.514. The largest absolute Gasteiger partial charge is 0.309 e. The second-order valence-corrected chi connectivity index (χ2v) is 5.65. The number of unbranched alkanes of at least 4 members (excludes halogenated alkanes) is 1. The molecule has 3 rings (SSSR count). The summed E-state index contributed by atoms with van der Waals surface area (Å²) in [6.07, 6.45) is 3.12. The number of hydrogen-bond donors (Lipinski definition) is 0. The van der Waals surface area contributed by atoms with E-state index in [2.05, 4.69) is 15.6 Å². The Morgan fingerprint density at radius 1 is 1.32 bits per heavy atom. The fourth-order valence-electron chi connectivity index (χ4n) is 2.49. The van der Waals surface area contributed by atoms with Crippen LogP contribution in [0.1, 0.15) is 18.4 Å². The first kappa shape index (κ1) is 14.6. The van der Waals surface area contributed by atoms with Crippen LogP contribution in [0.2, 0.25) is 5.02 Å². The summed E-state index contributed by atoms with van der Waals surface area (Å²) in [5.74, 6) is 0.841. The van der Waals surface area contributed by atoms with E-state index in [0.29, 0.717) is 18.0 Å². The van der Waals surface area contributed by atoms with Gasteiger partial charge in [0.25, 0.3) is 0 Å². The normalized spacial score (nSPS) is 10.8. The van der Waals surface area contributed by atoms with Gasteiger partial charge < -0.3 is 4.57 Å². The number of rotatable bonds is 4. The molecular formula is C17H15ClN4. The van der Waals surface area contributed by atoms with E-state index in [1.165, 1.54) is 0 Å². The molecule has 0 bridgehead atoms. The second-order valence-electron chi connectivity index (χ2n) is 5.21. The summed E-state index contributed by atoms with van der Waals surface area (Å²) in [6, 6.07) is 11.8. The first-order valence-corrected chi connectivity index (χ1v) is 7.52. The van der Waals surface area contributed by atoms with Crippen molar-refractivity contribution >= 4 is 22.8 Å². The molecule has 4 nitrogen and oxygen atoms in total. The predicted molar refractivity (Wildman–Crippen MR) is 87.6 cm³/mol. The Kier molecular flexibility index (Phi) is 4.08. The molecule has 0 radical (unpaired) electrons. The van der Waals surface area contributed by atoms with E-state index in [1.807, 2.05) is 43.5 Å². The molecule has 0 aliphatic carbocycles. The molecule has 22 heavy (non-hydrogen) atoms. The molecule has 2 heterocycles. The third kappa shape index (κ3) is 2.81. The minimum Gasteiger partial charge on any atom is -0.309 e. The number of aryl methyl sites for hydroxylation is 2. The molecule has 5 heteroatoms. The molecule has 0 N–H and O–H groups in total. The molecule has 0 fully saturated rings. The highest BCUT2D eigenvalue weighted by Crippen LogP contribution is 2.26. The first-order valence-electron chi connectivity index (χ1n) is 7.15. The van der Waals surface area contributed by atoms with Crippen molar-refractivity contribution in [2.75, 3.05) is 0 Å². The van der Waals surface area contributed by atoms with Crippen LogP contribution in [-0.4, -0.2) is 14.5 Å². The molecule has 0 atom stereocenters. The van der Waals surface area contributed by atoms with Gasteiger partial charge in [-0.2, -0.15) is 5.26 Å². The van der Waals surface area contributed by atoms with Crippen LogP contribution in [0, 0.1) is 18.3 Å². The number of benzene rings is 1. The van der Waals surface area contributed by atoms with Crippen LogP contribution in [0.15, 0.2) is 36.5 Å². The van der Waals surface area contributed by atoms with E-state index in [0.717, 1.165) is 34.5 Å². The zero-order valence-electron chi connectivity index (χ0n) is 12.3. The molecule has 110 valence electrons. The second kappa shape index (κ2) is 6.17. The molecule has 3 aromatic rings. The molecule has 0 spiro atoms. The van der Waals surface area contributed by atoms with Gasteiger partial charge in [-0.1, -0.05) is 23.7 Å². The summed E-state index contributed by atoms with van der Waals surface area (Å²) in [6.45, 7) is 2.71. The smallest absolute Gasteiger partial charge is 0.160 e. The van der Waals surface area contributed by atoms with Crippen molar-refractivity contribution in [1.29, 1.82) is 5.26 Å². The van der Waals surface area contributed by atoms with Crippen molar-refractivity contribution in [3.8, 4) is 17.5 Å². The third-order valence-electron chi connectivity index (χ3n) is 3.47. The van der Waals surface area contributed by atoms with Crippen LogP contribution in [0.3, 0.4) is 0 Å². The predicted octanol–water partition coefficient (Wildman–Crippen LogP) is 4.36. The summed E-state index contributed by atoms with van der Waals surface area (Å²) < 4.78 is 2.07. The summed E-state index contributed by atoms with van der Waals surface area (Å²) in [5.41, 5.74) is 3.75. The topological polar surface area (TPSA) is 54.5 Å². The summed E-state index contributed by atoms with van der Waals surface area (Å²) in [5, 5.41) is 9.44. The lowest BCUT2D eigenvalue weighted by atomic mass is 10.2. The molecule has 0 aliphatic heterocycles. The van der Waals surface area contributed by atoms with Crippen LogP contribution in [0.4, 0.5) is 0 Å². The van der Waals surface area contributed by atoms with Crippen molar-refractivity contribution in [1.82, 2.24) is 14.5 Å². The van der Waals surface area contributed by atoms with E-state index in [9.17, 15) is 0 Å². The van der Waals surface area contributed by atoms with Crippen molar-refractivity contribution in [2.45, 2.75) is 26.3 Å². The lowest BCUT2D eigenvalue weighted by molar-refractivity contribution is 0.670. The highest BCUT2D eigenvalue weighted by Gasteiger charge is 2.14.